The number of rotatable bonds is 5. The minimum Gasteiger partial charge on any atom is -0.342 e. The Morgan fingerprint density at radius 1 is 1.21 bits per heavy atom. The molecule has 1 saturated heterocycles. The van der Waals surface area contributed by atoms with E-state index >= 15 is 0 Å². The van der Waals surface area contributed by atoms with Gasteiger partial charge in [-0.05, 0) is 47.4 Å². The number of likely N-dealkylation sites (tertiary alicyclic amines) is 1. The van der Waals surface area contributed by atoms with Gasteiger partial charge in [-0.25, -0.2) is 0 Å². The molecule has 156 valence electrons. The molecule has 5 heteroatoms. The summed E-state index contributed by atoms with van der Waals surface area (Å²) in [7, 11) is 0. The summed E-state index contributed by atoms with van der Waals surface area (Å²) in [6.07, 6.45) is 2.44. The highest BCUT2D eigenvalue weighted by molar-refractivity contribution is 6.30. The number of carbonyl (C=O) groups is 1. The van der Waals surface area contributed by atoms with Crippen LogP contribution in [0.25, 0.3) is 0 Å². The van der Waals surface area contributed by atoms with Crippen LogP contribution in [0.4, 0.5) is 0 Å². The average molecular weight is 415 g/mol. The number of nitrogens with zero attached hydrogens (tertiary/aromatic N) is 1. The van der Waals surface area contributed by atoms with Crippen molar-refractivity contribution in [1.82, 2.24) is 9.88 Å². The molecule has 1 aromatic carbocycles. The minimum atomic E-state index is -0.255. The van der Waals surface area contributed by atoms with Gasteiger partial charge in [0, 0.05) is 31.1 Å². The van der Waals surface area contributed by atoms with E-state index in [0.717, 1.165) is 31.6 Å². The monoisotopic (exact) mass is 414 g/mol. The molecule has 0 saturated carbocycles. The molecule has 3 rings (SSSR count). The Hall–Kier alpha value is -2.07. The third kappa shape index (κ3) is 5.11. The van der Waals surface area contributed by atoms with Gasteiger partial charge in [-0.3, -0.25) is 9.59 Å². The summed E-state index contributed by atoms with van der Waals surface area (Å²) in [6, 6.07) is 12.3. The molecule has 1 amide bonds. The lowest BCUT2D eigenvalue weighted by Gasteiger charge is -2.24. The maximum atomic E-state index is 12.1. The molecule has 0 spiro atoms. The second-order valence-electron chi connectivity index (χ2n) is 9.10. The van der Waals surface area contributed by atoms with E-state index in [0.29, 0.717) is 12.3 Å². The highest BCUT2D eigenvalue weighted by atomic mass is 35.5. The highest BCUT2D eigenvalue weighted by Crippen LogP contribution is 2.35. The predicted molar refractivity (Wildman–Crippen MR) is 119 cm³/mol. The molecule has 0 bridgehead atoms. The fraction of sp³-hybridized carbons (Fsp3) is 0.500. The van der Waals surface area contributed by atoms with Gasteiger partial charge < -0.3 is 9.88 Å². The Morgan fingerprint density at radius 3 is 2.48 bits per heavy atom. The molecule has 1 aliphatic rings. The van der Waals surface area contributed by atoms with Crippen LogP contribution in [0.15, 0.2) is 41.2 Å². The fourth-order valence-electron chi connectivity index (χ4n) is 4.14. The summed E-state index contributed by atoms with van der Waals surface area (Å²) in [6.45, 7) is 10.1. The summed E-state index contributed by atoms with van der Waals surface area (Å²) in [4.78, 5) is 29.1. The van der Waals surface area contributed by atoms with Crippen LogP contribution in [-0.2, 0) is 10.2 Å². The summed E-state index contributed by atoms with van der Waals surface area (Å²) < 4.78 is 0. The van der Waals surface area contributed by atoms with Crippen molar-refractivity contribution in [2.24, 2.45) is 5.92 Å². The van der Waals surface area contributed by atoms with Crippen molar-refractivity contribution in [2.75, 3.05) is 13.1 Å². The Bertz CT molecular complexity index is 912. The molecule has 1 aromatic heterocycles. The van der Waals surface area contributed by atoms with Crippen molar-refractivity contribution in [3.8, 4) is 0 Å². The molecule has 29 heavy (non-hydrogen) atoms. The molecule has 0 aliphatic carbocycles. The normalized spacial score (nSPS) is 18.1. The van der Waals surface area contributed by atoms with Gasteiger partial charge in [-0.2, -0.15) is 0 Å². The van der Waals surface area contributed by atoms with Crippen LogP contribution in [0.5, 0.6) is 0 Å². The number of H-pyrrole nitrogens is 1. The summed E-state index contributed by atoms with van der Waals surface area (Å²) in [5.74, 6) is 0.700. The summed E-state index contributed by atoms with van der Waals surface area (Å²) in [5, 5.41) is 0.205. The Labute approximate surface area is 178 Å². The molecule has 1 aliphatic heterocycles. The largest absolute Gasteiger partial charge is 0.342 e. The quantitative estimate of drug-likeness (QED) is 0.739. The minimum absolute atomic E-state index is 0.0654. The number of aromatic nitrogens is 1. The van der Waals surface area contributed by atoms with E-state index in [9.17, 15) is 9.59 Å². The summed E-state index contributed by atoms with van der Waals surface area (Å²) in [5.41, 5.74) is 3.18. The Morgan fingerprint density at radius 2 is 1.90 bits per heavy atom. The molecule has 1 N–H and O–H groups in total. The lowest BCUT2D eigenvalue weighted by atomic mass is 9.82. The fourth-order valence-corrected chi connectivity index (χ4v) is 4.25. The van der Waals surface area contributed by atoms with Crippen LogP contribution in [0.3, 0.4) is 0 Å². The molecule has 4 nitrogen and oxygen atoms in total. The molecule has 1 fully saturated rings. The van der Waals surface area contributed by atoms with Gasteiger partial charge in [0.05, 0.1) is 0 Å². The zero-order valence-corrected chi connectivity index (χ0v) is 18.6. The number of hydrogen-bond donors (Lipinski definition) is 1. The molecule has 2 atom stereocenters. The smallest absolute Gasteiger partial charge is 0.266 e. The van der Waals surface area contributed by atoms with Gasteiger partial charge in [0.25, 0.3) is 5.56 Å². The van der Waals surface area contributed by atoms with Gasteiger partial charge in [0.15, 0.2) is 0 Å². The summed E-state index contributed by atoms with van der Waals surface area (Å²) >= 11 is 5.95. The van der Waals surface area contributed by atoms with Crippen LogP contribution in [0.1, 0.15) is 69.7 Å². The number of carbonyl (C=O) groups excluding carboxylic acids is 1. The van der Waals surface area contributed by atoms with Gasteiger partial charge in [0.2, 0.25) is 5.91 Å². The van der Waals surface area contributed by atoms with Crippen molar-refractivity contribution in [3.05, 3.63) is 68.6 Å². The standard InChI is InChI=1S/C24H31ClN2O2/c1-5-22(28)27-13-12-16(15-27)14-19(21-11-10-20(25)23(29)26-21)17-6-8-18(9-7-17)24(2,3)4/h6-11,16,19H,5,12-15H2,1-4H3,(H,26,29)/t16-,19?/m1/s1. The first-order valence-corrected chi connectivity index (χ1v) is 10.8. The van der Waals surface area contributed by atoms with E-state index in [2.05, 4.69) is 50.0 Å². The van der Waals surface area contributed by atoms with Gasteiger partial charge in [-0.1, -0.05) is 63.6 Å². The molecular formula is C24H31ClN2O2. The van der Waals surface area contributed by atoms with Crippen LogP contribution in [0, 0.1) is 5.92 Å². The SMILES string of the molecule is CCC(=O)N1CC[C@H](CC(c2ccc(C(C)(C)C)cc2)c2ccc(Cl)c(=O)[nH]2)C1. The second kappa shape index (κ2) is 8.74. The highest BCUT2D eigenvalue weighted by Gasteiger charge is 2.29. The van der Waals surface area contributed by atoms with E-state index in [-0.39, 0.29) is 27.8 Å². The Balaban J connectivity index is 1.89. The molecule has 2 heterocycles. The third-order valence-electron chi connectivity index (χ3n) is 5.95. The van der Waals surface area contributed by atoms with Gasteiger partial charge in [0.1, 0.15) is 5.02 Å². The topological polar surface area (TPSA) is 53.2 Å². The van der Waals surface area contributed by atoms with Crippen molar-refractivity contribution in [1.29, 1.82) is 0 Å². The number of aromatic amines is 1. The predicted octanol–water partition coefficient (Wildman–Crippen LogP) is 5.11. The third-order valence-corrected chi connectivity index (χ3v) is 6.25. The number of hydrogen-bond acceptors (Lipinski definition) is 2. The van der Waals surface area contributed by atoms with Crippen LogP contribution < -0.4 is 5.56 Å². The zero-order chi connectivity index (χ0) is 21.2. The number of amides is 1. The van der Waals surface area contributed by atoms with E-state index in [1.807, 2.05) is 17.9 Å². The average Bonchev–Trinajstić information content (AvgIpc) is 3.16. The van der Waals surface area contributed by atoms with Crippen LogP contribution in [-0.4, -0.2) is 28.9 Å². The van der Waals surface area contributed by atoms with E-state index < -0.39 is 0 Å². The van der Waals surface area contributed by atoms with Crippen molar-refractivity contribution in [3.63, 3.8) is 0 Å². The lowest BCUT2D eigenvalue weighted by Crippen LogP contribution is -2.28. The van der Waals surface area contributed by atoms with Gasteiger partial charge in [-0.15, -0.1) is 0 Å². The first-order valence-electron chi connectivity index (χ1n) is 10.5. The maximum absolute atomic E-state index is 12.1. The second-order valence-corrected chi connectivity index (χ2v) is 9.51. The van der Waals surface area contributed by atoms with Crippen molar-refractivity contribution < 1.29 is 4.79 Å². The van der Waals surface area contributed by atoms with Gasteiger partial charge >= 0.3 is 0 Å². The lowest BCUT2D eigenvalue weighted by molar-refractivity contribution is -0.129. The molecular weight excluding hydrogens is 384 g/mol. The van der Waals surface area contributed by atoms with E-state index in [1.165, 1.54) is 11.1 Å². The maximum Gasteiger partial charge on any atom is 0.266 e. The molecule has 1 unspecified atom stereocenters. The van der Waals surface area contributed by atoms with Crippen LogP contribution >= 0.6 is 11.6 Å². The zero-order valence-electron chi connectivity index (χ0n) is 17.8. The number of benzene rings is 1. The Kier molecular flexibility index (Phi) is 6.52. The molecule has 0 radical (unpaired) electrons. The number of nitrogens with one attached hydrogen (secondary N) is 1. The number of pyridine rings is 1. The number of halogens is 1. The first kappa shape index (κ1) is 21.6. The van der Waals surface area contributed by atoms with Crippen molar-refractivity contribution in [2.45, 2.75) is 58.3 Å². The van der Waals surface area contributed by atoms with E-state index in [4.69, 9.17) is 11.6 Å². The van der Waals surface area contributed by atoms with E-state index in [1.54, 1.807) is 6.07 Å². The molecule has 2 aromatic rings. The van der Waals surface area contributed by atoms with Crippen molar-refractivity contribution >= 4 is 17.5 Å². The van der Waals surface area contributed by atoms with Crippen LogP contribution in [0.2, 0.25) is 5.02 Å². The first-order chi connectivity index (χ1) is 13.7.